The molecule has 0 saturated heterocycles. The van der Waals surface area contributed by atoms with Crippen LogP contribution in [-0.4, -0.2) is 4.98 Å². The summed E-state index contributed by atoms with van der Waals surface area (Å²) < 4.78 is 12.7. The number of nitrogen functional groups attached to an aromatic ring is 1. The first-order valence-corrected chi connectivity index (χ1v) is 5.63. The van der Waals surface area contributed by atoms with Gasteiger partial charge in [0.1, 0.15) is 10.8 Å². The fourth-order valence-electron chi connectivity index (χ4n) is 1.24. The van der Waals surface area contributed by atoms with Gasteiger partial charge in [0.25, 0.3) is 0 Å². The van der Waals surface area contributed by atoms with Crippen molar-refractivity contribution in [1.82, 2.24) is 4.98 Å². The highest BCUT2D eigenvalue weighted by atomic mass is 32.2. The van der Waals surface area contributed by atoms with Crippen molar-refractivity contribution in [3.05, 3.63) is 47.9 Å². The summed E-state index contributed by atoms with van der Waals surface area (Å²) in [4.78, 5) is 5.26. The Labute approximate surface area is 97.7 Å². The van der Waals surface area contributed by atoms with Gasteiger partial charge in [-0.15, -0.1) is 0 Å². The van der Waals surface area contributed by atoms with Crippen LogP contribution in [0.5, 0.6) is 0 Å². The third kappa shape index (κ3) is 2.52. The average molecular weight is 234 g/mol. The third-order valence-electron chi connectivity index (χ3n) is 2.06. The molecule has 0 spiro atoms. The molecule has 1 aromatic carbocycles. The molecule has 1 heterocycles. The Hall–Kier alpha value is -1.55. The first-order chi connectivity index (χ1) is 7.65. The quantitative estimate of drug-likeness (QED) is 0.866. The Morgan fingerprint density at radius 1 is 1.12 bits per heavy atom. The van der Waals surface area contributed by atoms with Gasteiger partial charge in [-0.3, -0.25) is 0 Å². The summed E-state index contributed by atoms with van der Waals surface area (Å²) in [6.07, 6.45) is 0. The lowest BCUT2D eigenvalue weighted by Gasteiger charge is -2.05. The van der Waals surface area contributed by atoms with Gasteiger partial charge in [-0.25, -0.2) is 9.37 Å². The van der Waals surface area contributed by atoms with Crippen molar-refractivity contribution in [2.24, 2.45) is 0 Å². The zero-order chi connectivity index (χ0) is 11.5. The van der Waals surface area contributed by atoms with Gasteiger partial charge in [0.2, 0.25) is 0 Å². The molecule has 0 saturated carbocycles. The monoisotopic (exact) mass is 234 g/mol. The fraction of sp³-hybridized carbons (Fsp3) is 0.0833. The molecule has 0 aliphatic rings. The lowest BCUT2D eigenvalue weighted by Crippen LogP contribution is -1.93. The standard InChI is InChI=1S/C12H11FN2S/c1-8-2-7-11(14)12(15-8)16-10-5-3-9(13)4-6-10/h2-7H,14H2,1H3. The highest BCUT2D eigenvalue weighted by Gasteiger charge is 2.04. The molecule has 82 valence electrons. The number of pyridine rings is 1. The Kier molecular flexibility index (Phi) is 3.10. The van der Waals surface area contributed by atoms with Crippen molar-refractivity contribution in [2.75, 3.05) is 5.73 Å². The molecule has 2 N–H and O–H groups in total. The number of benzene rings is 1. The average Bonchev–Trinajstić information content (AvgIpc) is 2.27. The van der Waals surface area contributed by atoms with Gasteiger partial charge in [-0.05, 0) is 43.3 Å². The predicted octanol–water partition coefficient (Wildman–Crippen LogP) is 3.26. The molecule has 0 atom stereocenters. The number of halogens is 1. The topological polar surface area (TPSA) is 38.9 Å². The van der Waals surface area contributed by atoms with Crippen LogP contribution in [0.3, 0.4) is 0 Å². The van der Waals surface area contributed by atoms with E-state index in [2.05, 4.69) is 4.98 Å². The Balaban J connectivity index is 2.26. The Morgan fingerprint density at radius 2 is 1.81 bits per heavy atom. The van der Waals surface area contributed by atoms with E-state index in [0.29, 0.717) is 5.69 Å². The summed E-state index contributed by atoms with van der Waals surface area (Å²) in [6, 6.07) is 9.97. The minimum absolute atomic E-state index is 0.241. The Bertz CT molecular complexity index is 497. The van der Waals surface area contributed by atoms with E-state index in [1.807, 2.05) is 19.1 Å². The second-order valence-corrected chi connectivity index (χ2v) is 4.47. The van der Waals surface area contributed by atoms with Crippen LogP contribution in [-0.2, 0) is 0 Å². The second-order valence-electron chi connectivity index (χ2n) is 3.40. The smallest absolute Gasteiger partial charge is 0.124 e. The van der Waals surface area contributed by atoms with Crippen LogP contribution in [0, 0.1) is 12.7 Å². The Morgan fingerprint density at radius 3 is 2.50 bits per heavy atom. The van der Waals surface area contributed by atoms with E-state index in [9.17, 15) is 4.39 Å². The van der Waals surface area contributed by atoms with Gasteiger partial charge in [0.15, 0.2) is 0 Å². The predicted molar refractivity (Wildman–Crippen MR) is 63.9 cm³/mol. The molecule has 0 aliphatic carbocycles. The van der Waals surface area contributed by atoms with E-state index in [1.54, 1.807) is 12.1 Å². The van der Waals surface area contributed by atoms with Gasteiger partial charge in [-0.2, -0.15) is 0 Å². The maximum absolute atomic E-state index is 12.7. The number of nitrogens with zero attached hydrogens (tertiary/aromatic N) is 1. The lowest BCUT2D eigenvalue weighted by molar-refractivity contribution is 0.626. The summed E-state index contributed by atoms with van der Waals surface area (Å²) in [5.41, 5.74) is 7.36. The third-order valence-corrected chi connectivity index (χ3v) is 3.09. The molecule has 2 aromatic rings. The second kappa shape index (κ2) is 4.53. The number of hydrogen-bond acceptors (Lipinski definition) is 3. The van der Waals surface area contributed by atoms with Crippen LogP contribution in [0.15, 0.2) is 46.3 Å². The molecule has 0 bridgehead atoms. The first-order valence-electron chi connectivity index (χ1n) is 4.82. The molecular formula is C12H11FN2S. The van der Waals surface area contributed by atoms with Crippen LogP contribution in [0.25, 0.3) is 0 Å². The van der Waals surface area contributed by atoms with E-state index in [-0.39, 0.29) is 5.82 Å². The highest BCUT2D eigenvalue weighted by molar-refractivity contribution is 7.99. The highest BCUT2D eigenvalue weighted by Crippen LogP contribution is 2.30. The molecule has 0 amide bonds. The van der Waals surface area contributed by atoms with Crippen molar-refractivity contribution in [3.8, 4) is 0 Å². The molecule has 2 rings (SSSR count). The van der Waals surface area contributed by atoms with E-state index < -0.39 is 0 Å². The minimum Gasteiger partial charge on any atom is -0.397 e. The molecule has 16 heavy (non-hydrogen) atoms. The van der Waals surface area contributed by atoms with E-state index in [1.165, 1.54) is 23.9 Å². The van der Waals surface area contributed by atoms with E-state index in [0.717, 1.165) is 15.6 Å². The number of nitrogens with two attached hydrogens (primary N) is 1. The SMILES string of the molecule is Cc1ccc(N)c(Sc2ccc(F)cc2)n1. The van der Waals surface area contributed by atoms with Gasteiger partial charge in [-0.1, -0.05) is 11.8 Å². The van der Waals surface area contributed by atoms with Gasteiger partial charge in [0.05, 0.1) is 5.69 Å². The van der Waals surface area contributed by atoms with Crippen molar-refractivity contribution in [1.29, 1.82) is 0 Å². The molecule has 0 fully saturated rings. The summed E-state index contributed by atoms with van der Waals surface area (Å²) >= 11 is 1.43. The summed E-state index contributed by atoms with van der Waals surface area (Å²) in [5.74, 6) is -0.241. The van der Waals surface area contributed by atoms with E-state index in [4.69, 9.17) is 5.73 Å². The molecule has 0 unspecified atom stereocenters. The number of aryl methyl sites for hydroxylation is 1. The normalized spacial score (nSPS) is 10.4. The maximum atomic E-state index is 12.7. The van der Waals surface area contributed by atoms with Crippen LogP contribution < -0.4 is 5.73 Å². The summed E-state index contributed by atoms with van der Waals surface area (Å²) in [5, 5.41) is 0.756. The van der Waals surface area contributed by atoms with Crippen LogP contribution in [0.4, 0.5) is 10.1 Å². The zero-order valence-corrected chi connectivity index (χ0v) is 9.59. The fourth-order valence-corrected chi connectivity index (χ4v) is 2.11. The minimum atomic E-state index is -0.241. The van der Waals surface area contributed by atoms with Gasteiger partial charge < -0.3 is 5.73 Å². The van der Waals surface area contributed by atoms with Crippen LogP contribution >= 0.6 is 11.8 Å². The molecule has 1 aromatic heterocycles. The summed E-state index contributed by atoms with van der Waals surface area (Å²) in [7, 11) is 0. The van der Waals surface area contributed by atoms with Crippen molar-refractivity contribution >= 4 is 17.4 Å². The van der Waals surface area contributed by atoms with Gasteiger partial charge >= 0.3 is 0 Å². The van der Waals surface area contributed by atoms with Crippen molar-refractivity contribution in [2.45, 2.75) is 16.8 Å². The number of hydrogen-bond donors (Lipinski definition) is 1. The lowest BCUT2D eigenvalue weighted by atomic mass is 10.3. The van der Waals surface area contributed by atoms with E-state index >= 15 is 0 Å². The number of aromatic nitrogens is 1. The van der Waals surface area contributed by atoms with Crippen molar-refractivity contribution < 1.29 is 4.39 Å². The van der Waals surface area contributed by atoms with Crippen LogP contribution in [0.1, 0.15) is 5.69 Å². The summed E-state index contributed by atoms with van der Waals surface area (Å²) in [6.45, 7) is 1.91. The molecule has 0 radical (unpaired) electrons. The molecule has 2 nitrogen and oxygen atoms in total. The van der Waals surface area contributed by atoms with Crippen LogP contribution in [0.2, 0.25) is 0 Å². The maximum Gasteiger partial charge on any atom is 0.124 e. The number of anilines is 1. The molecule has 0 aliphatic heterocycles. The molecule has 4 heteroatoms. The number of rotatable bonds is 2. The zero-order valence-electron chi connectivity index (χ0n) is 8.77. The molecular weight excluding hydrogens is 223 g/mol. The van der Waals surface area contributed by atoms with Gasteiger partial charge in [0, 0.05) is 10.6 Å². The largest absolute Gasteiger partial charge is 0.397 e. The van der Waals surface area contributed by atoms with Crippen molar-refractivity contribution in [3.63, 3.8) is 0 Å². The first kappa shape index (κ1) is 11.0.